The molecule has 0 radical (unpaired) electrons. The van der Waals surface area contributed by atoms with E-state index in [1.807, 2.05) is 0 Å². The first-order valence-corrected chi connectivity index (χ1v) is 6.09. The molecule has 5 nitrogen and oxygen atoms in total. The van der Waals surface area contributed by atoms with Crippen LogP contribution in [0.1, 0.15) is 20.7 Å². The number of rotatable bonds is 3. The van der Waals surface area contributed by atoms with Crippen LogP contribution in [0, 0.1) is 5.82 Å². The number of carbonyl (C=O) groups excluding carboxylic acids is 1. The quantitative estimate of drug-likeness (QED) is 0.813. The number of aromatic carboxylic acids is 1. The van der Waals surface area contributed by atoms with E-state index < -0.39 is 23.3 Å². The fourth-order valence-corrected chi connectivity index (χ4v) is 1.86. The van der Waals surface area contributed by atoms with E-state index in [0.717, 1.165) is 12.1 Å². The Hall–Kier alpha value is -2.60. The van der Waals surface area contributed by atoms with Gasteiger partial charge in [-0.3, -0.25) is 4.79 Å². The lowest BCUT2D eigenvalue weighted by molar-refractivity contribution is 0.0691. The molecule has 0 bridgehead atoms. The van der Waals surface area contributed by atoms with Crippen LogP contribution in [0.5, 0.6) is 5.75 Å². The molecule has 0 atom stereocenters. The van der Waals surface area contributed by atoms with Gasteiger partial charge in [0, 0.05) is 5.69 Å². The van der Waals surface area contributed by atoms with Gasteiger partial charge in [0.05, 0.1) is 16.1 Å². The largest absolute Gasteiger partial charge is 0.508 e. The molecule has 21 heavy (non-hydrogen) atoms. The number of hydrogen-bond donors (Lipinski definition) is 3. The lowest BCUT2D eigenvalue weighted by Crippen LogP contribution is -2.13. The Morgan fingerprint density at radius 2 is 1.81 bits per heavy atom. The number of phenolic OH excluding ortho intramolecular Hbond substituents is 1. The van der Waals surface area contributed by atoms with Crippen LogP contribution in [0.25, 0.3) is 0 Å². The maximum absolute atomic E-state index is 13.3. The zero-order valence-corrected chi connectivity index (χ0v) is 11.2. The molecular weight excluding hydrogens is 301 g/mol. The Morgan fingerprint density at radius 1 is 1.10 bits per heavy atom. The molecule has 0 aliphatic rings. The molecule has 0 fully saturated rings. The molecular formula is C14H9ClFNO4. The summed E-state index contributed by atoms with van der Waals surface area (Å²) in [7, 11) is 0. The lowest BCUT2D eigenvalue weighted by atomic mass is 10.1. The lowest BCUT2D eigenvalue weighted by Gasteiger charge is -2.08. The van der Waals surface area contributed by atoms with E-state index in [-0.39, 0.29) is 22.0 Å². The SMILES string of the molecule is O=C(O)c1cc(NC(=O)c2cc(O)ccc2Cl)ccc1F. The third-order valence-electron chi connectivity index (χ3n) is 2.65. The van der Waals surface area contributed by atoms with Crippen molar-refractivity contribution in [2.75, 3.05) is 5.32 Å². The van der Waals surface area contributed by atoms with Gasteiger partial charge in [0.15, 0.2) is 0 Å². The van der Waals surface area contributed by atoms with Crippen molar-refractivity contribution < 1.29 is 24.2 Å². The van der Waals surface area contributed by atoms with E-state index in [4.69, 9.17) is 16.7 Å². The Bertz CT molecular complexity index is 733. The number of benzene rings is 2. The minimum Gasteiger partial charge on any atom is -0.508 e. The number of anilines is 1. The summed E-state index contributed by atoms with van der Waals surface area (Å²) >= 11 is 5.84. The van der Waals surface area contributed by atoms with Crippen LogP contribution in [-0.4, -0.2) is 22.1 Å². The number of phenols is 1. The highest BCUT2D eigenvalue weighted by Crippen LogP contribution is 2.23. The predicted molar refractivity (Wildman–Crippen MR) is 74.4 cm³/mol. The molecule has 1 amide bonds. The van der Waals surface area contributed by atoms with Gasteiger partial charge in [0.2, 0.25) is 0 Å². The Balaban J connectivity index is 2.29. The summed E-state index contributed by atoms with van der Waals surface area (Å²) in [5, 5.41) is 20.7. The minimum atomic E-state index is -1.45. The summed E-state index contributed by atoms with van der Waals surface area (Å²) in [6.45, 7) is 0. The van der Waals surface area contributed by atoms with Gasteiger partial charge in [-0.25, -0.2) is 9.18 Å². The van der Waals surface area contributed by atoms with Crippen molar-refractivity contribution in [2.45, 2.75) is 0 Å². The molecule has 2 rings (SSSR count). The number of aromatic hydroxyl groups is 1. The van der Waals surface area contributed by atoms with Crippen LogP contribution in [-0.2, 0) is 0 Å². The Kier molecular flexibility index (Phi) is 4.09. The second-order valence-corrected chi connectivity index (χ2v) is 4.53. The highest BCUT2D eigenvalue weighted by atomic mass is 35.5. The second-order valence-electron chi connectivity index (χ2n) is 4.12. The number of halogens is 2. The van der Waals surface area contributed by atoms with Crippen molar-refractivity contribution in [1.29, 1.82) is 0 Å². The summed E-state index contributed by atoms with van der Waals surface area (Å²) in [5.74, 6) is -3.15. The van der Waals surface area contributed by atoms with Crippen molar-refractivity contribution in [3.8, 4) is 5.75 Å². The van der Waals surface area contributed by atoms with Crippen molar-refractivity contribution in [1.82, 2.24) is 0 Å². The first-order valence-electron chi connectivity index (χ1n) is 5.71. The van der Waals surface area contributed by atoms with Gasteiger partial charge >= 0.3 is 5.97 Å². The van der Waals surface area contributed by atoms with E-state index in [0.29, 0.717) is 0 Å². The standard InChI is InChI=1S/C14H9ClFNO4/c15-11-3-2-8(18)6-9(11)13(19)17-7-1-4-12(16)10(5-7)14(20)21/h1-6,18H,(H,17,19)(H,20,21). The summed E-state index contributed by atoms with van der Waals surface area (Å²) < 4.78 is 13.3. The molecule has 2 aromatic carbocycles. The van der Waals surface area contributed by atoms with Crippen molar-refractivity contribution in [3.63, 3.8) is 0 Å². The molecule has 0 spiro atoms. The third-order valence-corrected chi connectivity index (χ3v) is 2.98. The molecule has 0 aliphatic carbocycles. The van der Waals surface area contributed by atoms with Gasteiger partial charge in [-0.2, -0.15) is 0 Å². The van der Waals surface area contributed by atoms with Gasteiger partial charge in [-0.1, -0.05) is 11.6 Å². The maximum Gasteiger partial charge on any atom is 0.338 e. The maximum atomic E-state index is 13.3. The first-order chi connectivity index (χ1) is 9.88. The van der Waals surface area contributed by atoms with Gasteiger partial charge < -0.3 is 15.5 Å². The fourth-order valence-electron chi connectivity index (χ4n) is 1.65. The van der Waals surface area contributed by atoms with Crippen LogP contribution in [0.15, 0.2) is 36.4 Å². The molecule has 3 N–H and O–H groups in total. The molecule has 108 valence electrons. The second kappa shape index (κ2) is 5.80. The third kappa shape index (κ3) is 3.29. The molecule has 0 saturated heterocycles. The zero-order chi connectivity index (χ0) is 15.6. The average Bonchev–Trinajstić information content (AvgIpc) is 2.43. The predicted octanol–water partition coefficient (Wildman–Crippen LogP) is 3.14. The van der Waals surface area contributed by atoms with Crippen LogP contribution in [0.2, 0.25) is 5.02 Å². The van der Waals surface area contributed by atoms with E-state index in [1.165, 1.54) is 24.3 Å². The number of hydrogen-bond acceptors (Lipinski definition) is 3. The summed E-state index contributed by atoms with van der Waals surface area (Å²) in [4.78, 5) is 22.8. The molecule has 2 aromatic rings. The molecule has 0 heterocycles. The molecule has 0 aromatic heterocycles. The molecule has 0 unspecified atom stereocenters. The first kappa shape index (κ1) is 14.8. The fraction of sp³-hybridized carbons (Fsp3) is 0. The minimum absolute atomic E-state index is 0.0119. The number of amides is 1. The summed E-state index contributed by atoms with van der Waals surface area (Å²) in [6, 6.07) is 6.98. The Labute approximate surface area is 123 Å². The topological polar surface area (TPSA) is 86.6 Å². The van der Waals surface area contributed by atoms with E-state index >= 15 is 0 Å². The van der Waals surface area contributed by atoms with E-state index in [2.05, 4.69) is 5.32 Å². The average molecular weight is 310 g/mol. The zero-order valence-electron chi connectivity index (χ0n) is 10.4. The molecule has 0 saturated carbocycles. The van der Waals surface area contributed by atoms with Gasteiger partial charge in [-0.05, 0) is 36.4 Å². The highest BCUT2D eigenvalue weighted by Gasteiger charge is 2.15. The van der Waals surface area contributed by atoms with Crippen molar-refractivity contribution >= 4 is 29.2 Å². The van der Waals surface area contributed by atoms with Gasteiger partial charge in [-0.15, -0.1) is 0 Å². The monoisotopic (exact) mass is 309 g/mol. The van der Waals surface area contributed by atoms with E-state index in [9.17, 15) is 19.1 Å². The van der Waals surface area contributed by atoms with Crippen LogP contribution in [0.3, 0.4) is 0 Å². The highest BCUT2D eigenvalue weighted by molar-refractivity contribution is 6.34. The summed E-state index contributed by atoms with van der Waals surface area (Å²) in [6.07, 6.45) is 0. The van der Waals surface area contributed by atoms with Gasteiger partial charge in [0.1, 0.15) is 11.6 Å². The smallest absolute Gasteiger partial charge is 0.338 e. The Morgan fingerprint density at radius 3 is 2.48 bits per heavy atom. The van der Waals surface area contributed by atoms with Crippen molar-refractivity contribution in [2.24, 2.45) is 0 Å². The number of carboxylic acids is 1. The van der Waals surface area contributed by atoms with Crippen LogP contribution in [0.4, 0.5) is 10.1 Å². The van der Waals surface area contributed by atoms with Crippen LogP contribution >= 0.6 is 11.6 Å². The normalized spacial score (nSPS) is 10.2. The molecule has 0 aliphatic heterocycles. The number of nitrogens with one attached hydrogen (secondary N) is 1. The summed E-state index contributed by atoms with van der Waals surface area (Å²) in [5.41, 5.74) is -0.453. The van der Waals surface area contributed by atoms with Crippen LogP contribution < -0.4 is 5.32 Å². The van der Waals surface area contributed by atoms with Crippen molar-refractivity contribution in [3.05, 3.63) is 58.4 Å². The van der Waals surface area contributed by atoms with Gasteiger partial charge in [0.25, 0.3) is 5.91 Å². The number of carboxylic acid groups (broad SMARTS) is 1. The number of carbonyl (C=O) groups is 2. The van der Waals surface area contributed by atoms with E-state index in [1.54, 1.807) is 0 Å². The molecule has 7 heteroatoms.